The zero-order chi connectivity index (χ0) is 17.8. The summed E-state index contributed by atoms with van der Waals surface area (Å²) in [6, 6.07) is -0.746. The van der Waals surface area contributed by atoms with E-state index in [0.29, 0.717) is 33.2 Å². The lowest BCUT2D eigenvalue weighted by Crippen LogP contribution is -2.48. The van der Waals surface area contributed by atoms with E-state index in [0.717, 1.165) is 0 Å². The Labute approximate surface area is 130 Å². The largest absolute Gasteiger partial charge is 0.434 e. The van der Waals surface area contributed by atoms with Crippen LogP contribution in [0.2, 0.25) is 0 Å². The Morgan fingerprint density at radius 3 is 2.48 bits per heavy atom. The normalized spacial score (nSPS) is 18.5. The molecule has 1 N–H and O–H groups in total. The van der Waals surface area contributed by atoms with Gasteiger partial charge in [-0.1, -0.05) is 0 Å². The second-order valence-corrected chi connectivity index (χ2v) is 5.49. The SMILES string of the molecule is C=NC(=O)[C@@H]1CCCN1C(=O)CNC(=O)OC(C)(C)C(F)(F)F. The first-order chi connectivity index (χ1) is 10.5. The second-order valence-electron chi connectivity index (χ2n) is 5.49. The standard InChI is InChI=1S/C13H18F3N3O4/c1-12(2,13(14,15)16)23-11(22)18-7-9(20)19-6-4-5-8(19)10(21)17-3/h8H,3-7H2,1-2H3,(H,18,22)/t8-/m0/s1. The van der Waals surface area contributed by atoms with E-state index in [-0.39, 0.29) is 0 Å². The molecule has 7 nitrogen and oxygen atoms in total. The Morgan fingerprint density at radius 1 is 1.35 bits per heavy atom. The Kier molecular flexibility index (Phi) is 5.73. The molecule has 23 heavy (non-hydrogen) atoms. The summed E-state index contributed by atoms with van der Waals surface area (Å²) >= 11 is 0. The van der Waals surface area contributed by atoms with Crippen molar-refractivity contribution in [1.82, 2.24) is 10.2 Å². The fourth-order valence-corrected chi connectivity index (χ4v) is 2.00. The van der Waals surface area contributed by atoms with Crippen LogP contribution in [0.1, 0.15) is 26.7 Å². The van der Waals surface area contributed by atoms with Gasteiger partial charge in [-0.2, -0.15) is 13.2 Å². The Morgan fingerprint density at radius 2 is 1.96 bits per heavy atom. The number of halogens is 3. The topological polar surface area (TPSA) is 88.1 Å². The molecule has 0 saturated carbocycles. The number of rotatable bonds is 4. The van der Waals surface area contributed by atoms with E-state index in [1.165, 1.54) is 4.90 Å². The van der Waals surface area contributed by atoms with Crippen molar-refractivity contribution in [3.05, 3.63) is 0 Å². The average Bonchev–Trinajstić information content (AvgIpc) is 2.91. The van der Waals surface area contributed by atoms with Gasteiger partial charge in [-0.05, 0) is 33.4 Å². The molecule has 3 amide bonds. The highest BCUT2D eigenvalue weighted by molar-refractivity contribution is 5.91. The number of hydrogen-bond acceptors (Lipinski definition) is 4. The van der Waals surface area contributed by atoms with E-state index in [4.69, 9.17) is 0 Å². The van der Waals surface area contributed by atoms with Gasteiger partial charge in [0.1, 0.15) is 12.6 Å². The molecule has 0 unspecified atom stereocenters. The molecule has 0 aromatic carbocycles. The number of amides is 3. The molecule has 1 fully saturated rings. The number of ether oxygens (including phenoxy) is 1. The van der Waals surface area contributed by atoms with Gasteiger partial charge in [-0.25, -0.2) is 9.79 Å². The van der Waals surface area contributed by atoms with E-state index in [1.807, 2.05) is 5.32 Å². The Balaban J connectivity index is 2.54. The molecule has 1 saturated heterocycles. The number of likely N-dealkylation sites (tertiary alicyclic amines) is 1. The van der Waals surface area contributed by atoms with Crippen LogP contribution in [-0.4, -0.2) is 60.4 Å². The van der Waals surface area contributed by atoms with E-state index in [9.17, 15) is 27.6 Å². The first kappa shape index (κ1) is 18.9. The average molecular weight is 337 g/mol. The molecule has 1 aliphatic heterocycles. The molecule has 1 atom stereocenters. The van der Waals surface area contributed by atoms with Gasteiger partial charge in [0, 0.05) is 6.54 Å². The summed E-state index contributed by atoms with van der Waals surface area (Å²) in [7, 11) is 0. The molecule has 130 valence electrons. The van der Waals surface area contributed by atoms with Crippen molar-refractivity contribution in [3.63, 3.8) is 0 Å². The first-order valence-electron chi connectivity index (χ1n) is 6.83. The number of carbonyl (C=O) groups excluding carboxylic acids is 3. The van der Waals surface area contributed by atoms with Crippen molar-refractivity contribution in [1.29, 1.82) is 0 Å². The zero-order valence-electron chi connectivity index (χ0n) is 12.8. The maximum absolute atomic E-state index is 12.6. The molecule has 0 aliphatic carbocycles. The monoisotopic (exact) mass is 337 g/mol. The number of aliphatic imine (C=N–C) groups is 1. The third-order valence-electron chi connectivity index (χ3n) is 3.43. The van der Waals surface area contributed by atoms with E-state index >= 15 is 0 Å². The van der Waals surface area contributed by atoms with Crippen LogP contribution in [0.4, 0.5) is 18.0 Å². The summed E-state index contributed by atoms with van der Waals surface area (Å²) < 4.78 is 42.0. The van der Waals surface area contributed by atoms with E-state index in [1.54, 1.807) is 0 Å². The predicted octanol–water partition coefficient (Wildman–Crippen LogP) is 1.27. The number of hydrogen-bond donors (Lipinski definition) is 1. The lowest BCUT2D eigenvalue weighted by atomic mass is 10.1. The maximum atomic E-state index is 12.6. The van der Waals surface area contributed by atoms with Gasteiger partial charge < -0.3 is 15.0 Å². The second kappa shape index (κ2) is 6.97. The molecular formula is C13H18F3N3O4. The Hall–Kier alpha value is -2.13. The zero-order valence-corrected chi connectivity index (χ0v) is 12.8. The molecule has 0 radical (unpaired) electrons. The highest BCUT2D eigenvalue weighted by Crippen LogP contribution is 2.32. The highest BCUT2D eigenvalue weighted by Gasteiger charge is 2.51. The van der Waals surface area contributed by atoms with E-state index < -0.39 is 42.3 Å². The van der Waals surface area contributed by atoms with Gasteiger partial charge in [-0.3, -0.25) is 9.59 Å². The fraction of sp³-hybridized carbons (Fsp3) is 0.692. The fourth-order valence-electron chi connectivity index (χ4n) is 2.00. The highest BCUT2D eigenvalue weighted by atomic mass is 19.4. The molecule has 1 rings (SSSR count). The predicted molar refractivity (Wildman–Crippen MR) is 73.9 cm³/mol. The third kappa shape index (κ3) is 4.67. The van der Waals surface area contributed by atoms with Crippen LogP contribution in [0, 0.1) is 0 Å². The van der Waals surface area contributed by atoms with Crippen LogP contribution in [-0.2, 0) is 14.3 Å². The number of carbonyl (C=O) groups is 3. The van der Waals surface area contributed by atoms with Crippen LogP contribution >= 0.6 is 0 Å². The van der Waals surface area contributed by atoms with Crippen LogP contribution in [0.5, 0.6) is 0 Å². The molecule has 1 heterocycles. The number of nitrogens with one attached hydrogen (secondary N) is 1. The number of nitrogens with zero attached hydrogens (tertiary/aromatic N) is 2. The van der Waals surface area contributed by atoms with Gasteiger partial charge in [0.15, 0.2) is 0 Å². The Bertz CT molecular complexity index is 505. The van der Waals surface area contributed by atoms with Crippen molar-refractivity contribution in [3.8, 4) is 0 Å². The molecule has 10 heteroatoms. The van der Waals surface area contributed by atoms with Gasteiger partial charge in [-0.15, -0.1) is 0 Å². The van der Waals surface area contributed by atoms with Crippen LogP contribution < -0.4 is 5.32 Å². The molecule has 0 bridgehead atoms. The quantitative estimate of drug-likeness (QED) is 0.783. The minimum atomic E-state index is -4.74. The summed E-state index contributed by atoms with van der Waals surface area (Å²) in [5, 5.41) is 1.96. The van der Waals surface area contributed by atoms with Crippen LogP contribution in [0.25, 0.3) is 0 Å². The third-order valence-corrected chi connectivity index (χ3v) is 3.43. The van der Waals surface area contributed by atoms with Crippen molar-refractivity contribution < 1.29 is 32.3 Å². The first-order valence-corrected chi connectivity index (χ1v) is 6.83. The minimum Gasteiger partial charge on any atom is -0.434 e. The molecule has 0 aromatic rings. The van der Waals surface area contributed by atoms with E-state index in [2.05, 4.69) is 16.4 Å². The van der Waals surface area contributed by atoms with Crippen molar-refractivity contribution in [2.45, 2.75) is 44.5 Å². The van der Waals surface area contributed by atoms with Crippen LogP contribution in [0.3, 0.4) is 0 Å². The summed E-state index contributed by atoms with van der Waals surface area (Å²) in [5.41, 5.74) is -2.68. The lowest BCUT2D eigenvalue weighted by molar-refractivity contribution is -0.243. The minimum absolute atomic E-state index is 0.301. The van der Waals surface area contributed by atoms with Gasteiger partial charge in [0.05, 0.1) is 0 Å². The van der Waals surface area contributed by atoms with Gasteiger partial charge >= 0.3 is 12.3 Å². The molecule has 1 aliphatic rings. The maximum Gasteiger partial charge on any atom is 0.427 e. The lowest BCUT2D eigenvalue weighted by Gasteiger charge is -2.28. The van der Waals surface area contributed by atoms with Crippen LogP contribution in [0.15, 0.2) is 4.99 Å². The summed E-state index contributed by atoms with van der Waals surface area (Å²) in [6.07, 6.45) is -5.10. The molecule has 0 aromatic heterocycles. The molecular weight excluding hydrogens is 319 g/mol. The van der Waals surface area contributed by atoms with Gasteiger partial charge in [0.25, 0.3) is 5.91 Å². The summed E-state index contributed by atoms with van der Waals surface area (Å²) in [4.78, 5) is 39.3. The van der Waals surface area contributed by atoms with Gasteiger partial charge in [0.2, 0.25) is 11.5 Å². The van der Waals surface area contributed by atoms with Crippen molar-refractivity contribution in [2.75, 3.05) is 13.1 Å². The van der Waals surface area contributed by atoms with Crippen molar-refractivity contribution >= 4 is 24.6 Å². The summed E-state index contributed by atoms with van der Waals surface area (Å²) in [6.45, 7) is 4.22. The van der Waals surface area contributed by atoms with Crippen molar-refractivity contribution in [2.24, 2.45) is 4.99 Å². The smallest absolute Gasteiger partial charge is 0.427 e. The molecule has 0 spiro atoms. The summed E-state index contributed by atoms with van der Waals surface area (Å²) in [5.74, 6) is -1.16. The number of alkyl halides is 3. The number of alkyl carbamates (subject to hydrolysis) is 1.